The van der Waals surface area contributed by atoms with Crippen molar-refractivity contribution in [1.29, 1.82) is 0 Å². The predicted molar refractivity (Wildman–Crippen MR) is 55.8 cm³/mol. The van der Waals surface area contributed by atoms with Crippen molar-refractivity contribution in [3.8, 4) is 0 Å². The van der Waals surface area contributed by atoms with Gasteiger partial charge in [0.1, 0.15) is 0 Å². The first-order chi connectivity index (χ1) is 5.77. The summed E-state index contributed by atoms with van der Waals surface area (Å²) in [7, 11) is 0. The van der Waals surface area contributed by atoms with Crippen LogP contribution in [0.5, 0.6) is 0 Å². The fourth-order valence-electron chi connectivity index (χ4n) is 1.19. The minimum atomic E-state index is 0. The van der Waals surface area contributed by atoms with Gasteiger partial charge in [0.15, 0.2) is 0 Å². The minimum absolute atomic E-state index is 0. The molecule has 14 heavy (non-hydrogen) atoms. The summed E-state index contributed by atoms with van der Waals surface area (Å²) < 4.78 is 0. The second-order valence-corrected chi connectivity index (χ2v) is 2.65. The van der Waals surface area contributed by atoms with Gasteiger partial charge < -0.3 is 7.43 Å². The zero-order valence-electron chi connectivity index (χ0n) is 8.86. The molecule has 1 radical (unpaired) electrons. The zero-order valence-corrected chi connectivity index (χ0v) is 11.7. The number of hydrogen-bond acceptors (Lipinski definition) is 1. The van der Waals surface area contributed by atoms with Crippen molar-refractivity contribution in [2.75, 3.05) is 0 Å². The van der Waals surface area contributed by atoms with Gasteiger partial charge in [-0.2, -0.15) is 0 Å². The van der Waals surface area contributed by atoms with E-state index < -0.39 is 0 Å². The SMILES string of the molecule is CCc1ccc(N=[N+]=[N-])cc1C.[CH3-].[Y]. The van der Waals surface area contributed by atoms with Gasteiger partial charge in [-0.15, -0.1) is 0 Å². The van der Waals surface area contributed by atoms with E-state index >= 15 is 0 Å². The first-order valence-electron chi connectivity index (χ1n) is 3.92. The molecule has 73 valence electrons. The molecule has 0 saturated heterocycles. The van der Waals surface area contributed by atoms with E-state index in [2.05, 4.69) is 16.9 Å². The van der Waals surface area contributed by atoms with Gasteiger partial charge in [-0.1, -0.05) is 24.2 Å². The molecule has 1 rings (SSSR count). The Kier molecular flexibility index (Phi) is 9.17. The summed E-state index contributed by atoms with van der Waals surface area (Å²) in [6.45, 7) is 4.13. The quantitative estimate of drug-likeness (QED) is 0.336. The van der Waals surface area contributed by atoms with Crippen molar-refractivity contribution in [2.45, 2.75) is 20.3 Å². The molecule has 1 aromatic carbocycles. The topological polar surface area (TPSA) is 48.8 Å². The van der Waals surface area contributed by atoms with Gasteiger partial charge in [0.05, 0.1) is 0 Å². The molecule has 0 heterocycles. The average Bonchev–Trinajstić information content (AvgIpc) is 2.05. The smallest absolute Gasteiger partial charge is 0.0378 e. The number of hydrogen-bond donors (Lipinski definition) is 0. The van der Waals surface area contributed by atoms with Crippen molar-refractivity contribution in [1.82, 2.24) is 0 Å². The first-order valence-corrected chi connectivity index (χ1v) is 3.92. The average molecular weight is 265 g/mol. The van der Waals surface area contributed by atoms with Crippen LogP contribution in [0, 0.1) is 14.4 Å². The maximum Gasteiger partial charge on any atom is 0.0378 e. The molecule has 0 atom stereocenters. The molecule has 0 aromatic heterocycles. The third-order valence-corrected chi connectivity index (χ3v) is 1.87. The van der Waals surface area contributed by atoms with Gasteiger partial charge in [-0.3, -0.25) is 0 Å². The molecular weight excluding hydrogens is 251 g/mol. The summed E-state index contributed by atoms with van der Waals surface area (Å²) in [5, 5.41) is 3.52. The Hall–Kier alpha value is -0.366. The normalized spacial score (nSPS) is 7.86. The first kappa shape index (κ1) is 16.1. The molecule has 0 aliphatic rings. The molecule has 3 nitrogen and oxygen atoms in total. The predicted octanol–water partition coefficient (Wildman–Crippen LogP) is 3.95. The molecule has 4 heteroatoms. The number of benzene rings is 1. The summed E-state index contributed by atoms with van der Waals surface area (Å²) in [5.41, 5.74) is 11.4. The molecule has 0 saturated carbocycles. The third-order valence-electron chi connectivity index (χ3n) is 1.87. The third kappa shape index (κ3) is 4.23. The van der Waals surface area contributed by atoms with Crippen LogP contribution < -0.4 is 0 Å². The van der Waals surface area contributed by atoms with Crippen molar-refractivity contribution in [2.24, 2.45) is 5.11 Å². The van der Waals surface area contributed by atoms with Gasteiger partial charge in [0.2, 0.25) is 0 Å². The molecule has 0 fully saturated rings. The van der Waals surface area contributed by atoms with Crippen LogP contribution in [0.4, 0.5) is 5.69 Å². The van der Waals surface area contributed by atoms with E-state index in [1.165, 1.54) is 11.1 Å². The number of azide groups is 1. The van der Waals surface area contributed by atoms with E-state index in [-0.39, 0.29) is 40.1 Å². The van der Waals surface area contributed by atoms with Crippen molar-refractivity contribution in [3.05, 3.63) is 47.2 Å². The summed E-state index contributed by atoms with van der Waals surface area (Å²) in [6.07, 6.45) is 1.02. The van der Waals surface area contributed by atoms with Gasteiger partial charge in [-0.05, 0) is 36.1 Å². The van der Waals surface area contributed by atoms with Crippen LogP contribution in [0.3, 0.4) is 0 Å². The summed E-state index contributed by atoms with van der Waals surface area (Å²) >= 11 is 0. The largest absolute Gasteiger partial charge is 0.358 e. The minimum Gasteiger partial charge on any atom is -0.358 e. The van der Waals surface area contributed by atoms with Crippen LogP contribution in [0.25, 0.3) is 10.4 Å². The molecule has 0 amide bonds. The van der Waals surface area contributed by atoms with Crippen LogP contribution in [0.2, 0.25) is 0 Å². The van der Waals surface area contributed by atoms with Gasteiger partial charge in [0.25, 0.3) is 0 Å². The van der Waals surface area contributed by atoms with E-state index in [1.54, 1.807) is 0 Å². The Bertz CT molecular complexity index is 330. The van der Waals surface area contributed by atoms with Crippen LogP contribution >= 0.6 is 0 Å². The Balaban J connectivity index is 0. The Labute approximate surface area is 110 Å². The maximum absolute atomic E-state index is 8.20. The maximum atomic E-state index is 8.20. The van der Waals surface area contributed by atoms with Crippen molar-refractivity contribution >= 4 is 5.69 Å². The zero-order chi connectivity index (χ0) is 8.97. The molecule has 0 bridgehead atoms. The van der Waals surface area contributed by atoms with E-state index in [9.17, 15) is 0 Å². The number of nitrogens with zero attached hydrogens (tertiary/aromatic N) is 3. The fourth-order valence-corrected chi connectivity index (χ4v) is 1.19. The van der Waals surface area contributed by atoms with E-state index in [0.717, 1.165) is 6.42 Å². The van der Waals surface area contributed by atoms with E-state index in [1.807, 2.05) is 25.1 Å². The second kappa shape index (κ2) is 7.98. The molecule has 0 spiro atoms. The van der Waals surface area contributed by atoms with Crippen LogP contribution in [0.1, 0.15) is 18.1 Å². The second-order valence-electron chi connectivity index (χ2n) is 2.65. The molecule has 0 aliphatic carbocycles. The number of aryl methyl sites for hydroxylation is 2. The Morgan fingerprint density at radius 3 is 2.50 bits per heavy atom. The van der Waals surface area contributed by atoms with Gasteiger partial charge in [-0.25, -0.2) is 0 Å². The fraction of sp³-hybridized carbons (Fsp3) is 0.300. The molecule has 0 unspecified atom stereocenters. The van der Waals surface area contributed by atoms with Crippen molar-refractivity contribution < 1.29 is 32.7 Å². The standard InChI is InChI=1S/C9H11N3.CH3.Y/c1-3-8-4-5-9(11-12-10)6-7(8)2;;/h4-6H,3H2,1-2H3;1H3;/q;-1;. The van der Waals surface area contributed by atoms with Gasteiger partial charge >= 0.3 is 0 Å². The molecule has 0 N–H and O–H groups in total. The monoisotopic (exact) mass is 265 g/mol. The molecular formula is C10H14N3Y-. The number of rotatable bonds is 2. The van der Waals surface area contributed by atoms with E-state index in [4.69, 9.17) is 5.53 Å². The molecule has 1 aromatic rings. The van der Waals surface area contributed by atoms with Crippen LogP contribution in [0.15, 0.2) is 23.3 Å². The Morgan fingerprint density at radius 2 is 2.07 bits per heavy atom. The van der Waals surface area contributed by atoms with Crippen LogP contribution in [-0.2, 0) is 39.1 Å². The summed E-state index contributed by atoms with van der Waals surface area (Å²) in [4.78, 5) is 2.73. The van der Waals surface area contributed by atoms with E-state index in [0.29, 0.717) is 5.69 Å². The summed E-state index contributed by atoms with van der Waals surface area (Å²) in [6, 6.07) is 5.74. The van der Waals surface area contributed by atoms with Crippen LogP contribution in [-0.4, -0.2) is 0 Å². The Morgan fingerprint density at radius 1 is 1.43 bits per heavy atom. The molecule has 0 aliphatic heterocycles. The summed E-state index contributed by atoms with van der Waals surface area (Å²) in [5.74, 6) is 0. The van der Waals surface area contributed by atoms with Gasteiger partial charge in [0, 0.05) is 43.3 Å². The van der Waals surface area contributed by atoms with Crippen molar-refractivity contribution in [3.63, 3.8) is 0 Å².